The molecular formula is C23H21BrN4O2. The highest BCUT2D eigenvalue weighted by Crippen LogP contribution is 2.44. The Balaban J connectivity index is 1.74. The van der Waals surface area contributed by atoms with Crippen molar-refractivity contribution >= 4 is 21.8 Å². The number of nitriles is 1. The highest BCUT2D eigenvalue weighted by molar-refractivity contribution is 9.10. The minimum atomic E-state index is -0.713. The fourth-order valence-corrected chi connectivity index (χ4v) is 4.18. The average molecular weight is 465 g/mol. The van der Waals surface area contributed by atoms with Gasteiger partial charge in [0.15, 0.2) is 0 Å². The van der Waals surface area contributed by atoms with Crippen LogP contribution in [0.4, 0.5) is 0 Å². The predicted molar refractivity (Wildman–Crippen MR) is 117 cm³/mol. The van der Waals surface area contributed by atoms with Gasteiger partial charge in [-0.1, -0.05) is 28.1 Å². The first-order chi connectivity index (χ1) is 14.4. The maximum Gasteiger partial charge on any atom is 0.243 e. The molecule has 2 N–H and O–H groups in total. The van der Waals surface area contributed by atoms with Gasteiger partial charge in [-0.15, -0.1) is 5.10 Å². The Bertz CT molecular complexity index is 1160. The summed E-state index contributed by atoms with van der Waals surface area (Å²) in [5.41, 5.74) is 5.88. The van der Waals surface area contributed by atoms with Crippen LogP contribution < -0.4 is 9.47 Å². The van der Waals surface area contributed by atoms with Crippen molar-refractivity contribution < 1.29 is 9.47 Å². The van der Waals surface area contributed by atoms with Gasteiger partial charge in [0.25, 0.3) is 0 Å². The minimum absolute atomic E-state index is 0.0749. The number of nitrogens with zero attached hydrogens (tertiary/aromatic N) is 2. The van der Waals surface area contributed by atoms with Crippen LogP contribution in [-0.4, -0.2) is 16.1 Å². The molecule has 0 spiro atoms. The summed E-state index contributed by atoms with van der Waals surface area (Å²) in [7, 11) is 0. The first-order valence-corrected chi connectivity index (χ1v) is 10.4. The number of aryl methyl sites for hydroxylation is 3. The molecule has 0 saturated carbocycles. The van der Waals surface area contributed by atoms with E-state index in [-0.39, 0.29) is 11.8 Å². The number of rotatable bonds is 4. The third-order valence-electron chi connectivity index (χ3n) is 5.50. The van der Waals surface area contributed by atoms with Crippen molar-refractivity contribution in [1.82, 2.24) is 10.2 Å². The fourth-order valence-electron chi connectivity index (χ4n) is 3.91. The highest BCUT2D eigenvalue weighted by atomic mass is 79.9. The largest absolute Gasteiger partial charge is 0.489 e. The Hall–Kier alpha value is -3.11. The first kappa shape index (κ1) is 20.2. The summed E-state index contributed by atoms with van der Waals surface area (Å²) in [5.74, 6) is 0.0543. The lowest BCUT2D eigenvalue weighted by molar-refractivity contribution is 0.305. The highest BCUT2D eigenvalue weighted by Gasteiger charge is 2.40. The standard InChI is InChI=1S/C23H21BrN4O2/c1-12-8-13(2)18(9-15(12)11-29-17-6-4-16(24)5-7-17)21-19(10-25)22(26)30-23-20(21)14(3)27-28-23/h4-9,19,21,26H,11H2,1-3H3,(H,27,28). The molecule has 3 aromatic rings. The van der Waals surface area contributed by atoms with Gasteiger partial charge in [0.05, 0.1) is 6.07 Å². The third-order valence-corrected chi connectivity index (χ3v) is 6.03. The quantitative estimate of drug-likeness (QED) is 0.546. The van der Waals surface area contributed by atoms with Crippen LogP contribution in [-0.2, 0) is 6.61 Å². The SMILES string of the molecule is Cc1cc(C)c(C2c3c(n[nH]c3C)OC(=N)C2C#N)cc1COc1ccc(Br)cc1. The van der Waals surface area contributed by atoms with E-state index in [0.29, 0.717) is 12.5 Å². The molecule has 0 amide bonds. The van der Waals surface area contributed by atoms with E-state index in [4.69, 9.17) is 14.9 Å². The van der Waals surface area contributed by atoms with Crippen LogP contribution in [0.25, 0.3) is 0 Å². The number of ether oxygens (including phenoxy) is 2. The van der Waals surface area contributed by atoms with Gasteiger partial charge in [-0.25, -0.2) is 0 Å². The number of hydrogen-bond donors (Lipinski definition) is 2. The van der Waals surface area contributed by atoms with Gasteiger partial charge in [0.2, 0.25) is 11.8 Å². The molecule has 0 bridgehead atoms. The molecule has 0 saturated heterocycles. The molecule has 6 nitrogen and oxygen atoms in total. The second-order valence-corrected chi connectivity index (χ2v) is 8.41. The van der Waals surface area contributed by atoms with Crippen LogP contribution in [0, 0.1) is 43.4 Å². The van der Waals surface area contributed by atoms with Gasteiger partial charge < -0.3 is 9.47 Å². The summed E-state index contributed by atoms with van der Waals surface area (Å²) in [6.07, 6.45) is 0. The van der Waals surface area contributed by atoms with Gasteiger partial charge >= 0.3 is 0 Å². The smallest absolute Gasteiger partial charge is 0.243 e. The van der Waals surface area contributed by atoms with E-state index in [1.54, 1.807) is 0 Å². The molecule has 4 rings (SSSR count). The van der Waals surface area contributed by atoms with Crippen molar-refractivity contribution in [2.45, 2.75) is 33.3 Å². The number of aromatic nitrogens is 2. The van der Waals surface area contributed by atoms with Crippen LogP contribution in [0.15, 0.2) is 40.9 Å². The van der Waals surface area contributed by atoms with Crippen molar-refractivity contribution in [2.75, 3.05) is 0 Å². The van der Waals surface area contributed by atoms with E-state index >= 15 is 0 Å². The summed E-state index contributed by atoms with van der Waals surface area (Å²) in [4.78, 5) is 0. The van der Waals surface area contributed by atoms with Crippen molar-refractivity contribution in [3.05, 3.63) is 74.4 Å². The van der Waals surface area contributed by atoms with Crippen molar-refractivity contribution in [2.24, 2.45) is 5.92 Å². The van der Waals surface area contributed by atoms with Gasteiger partial charge in [0, 0.05) is 21.6 Å². The zero-order valence-corrected chi connectivity index (χ0v) is 18.5. The Kier molecular flexibility index (Phi) is 5.35. The number of halogens is 1. The zero-order chi connectivity index (χ0) is 21.4. The molecule has 2 atom stereocenters. The van der Waals surface area contributed by atoms with E-state index in [1.165, 1.54) is 0 Å². The van der Waals surface area contributed by atoms with E-state index in [1.807, 2.05) is 38.1 Å². The fraction of sp³-hybridized carbons (Fsp3) is 0.261. The maximum atomic E-state index is 9.81. The molecule has 2 heterocycles. The second kappa shape index (κ2) is 7.96. The lowest BCUT2D eigenvalue weighted by Crippen LogP contribution is -2.31. The van der Waals surface area contributed by atoms with E-state index in [2.05, 4.69) is 51.3 Å². The molecule has 1 aliphatic rings. The Morgan fingerprint density at radius 2 is 1.93 bits per heavy atom. The second-order valence-electron chi connectivity index (χ2n) is 7.50. The molecule has 1 aromatic heterocycles. The van der Waals surface area contributed by atoms with Gasteiger partial charge in [-0.3, -0.25) is 10.5 Å². The van der Waals surface area contributed by atoms with Crippen LogP contribution >= 0.6 is 15.9 Å². The lowest BCUT2D eigenvalue weighted by Gasteiger charge is -2.29. The molecular weight excluding hydrogens is 444 g/mol. The maximum absolute atomic E-state index is 9.81. The number of fused-ring (bicyclic) bond motifs is 1. The zero-order valence-electron chi connectivity index (χ0n) is 16.9. The van der Waals surface area contributed by atoms with Gasteiger partial charge in [-0.05, 0) is 67.3 Å². The monoisotopic (exact) mass is 464 g/mol. The summed E-state index contributed by atoms with van der Waals surface area (Å²) >= 11 is 3.43. The number of hydrogen-bond acceptors (Lipinski definition) is 5. The third kappa shape index (κ3) is 3.59. The van der Waals surface area contributed by atoms with Gasteiger partial charge in [-0.2, -0.15) is 5.26 Å². The van der Waals surface area contributed by atoms with E-state index in [0.717, 1.165) is 43.7 Å². The summed E-state index contributed by atoms with van der Waals surface area (Å²) in [5, 5.41) is 25.1. The summed E-state index contributed by atoms with van der Waals surface area (Å²) in [6.45, 7) is 6.41. The Labute approximate surface area is 183 Å². The molecule has 0 radical (unpaired) electrons. The lowest BCUT2D eigenvalue weighted by atomic mass is 9.77. The summed E-state index contributed by atoms with van der Waals surface area (Å²) < 4.78 is 12.5. The first-order valence-electron chi connectivity index (χ1n) is 9.58. The van der Waals surface area contributed by atoms with E-state index in [9.17, 15) is 5.26 Å². The molecule has 0 aliphatic carbocycles. The molecule has 2 aromatic carbocycles. The number of nitrogens with one attached hydrogen (secondary N) is 2. The van der Waals surface area contributed by atoms with Crippen LogP contribution in [0.3, 0.4) is 0 Å². The minimum Gasteiger partial charge on any atom is -0.489 e. The molecule has 0 fully saturated rings. The molecule has 30 heavy (non-hydrogen) atoms. The number of H-pyrrole nitrogens is 1. The van der Waals surface area contributed by atoms with Crippen molar-refractivity contribution in [3.63, 3.8) is 0 Å². The van der Waals surface area contributed by atoms with Crippen molar-refractivity contribution in [1.29, 1.82) is 10.7 Å². The molecule has 7 heteroatoms. The van der Waals surface area contributed by atoms with Crippen LogP contribution in [0.1, 0.15) is 39.4 Å². The average Bonchev–Trinajstić information content (AvgIpc) is 3.08. The van der Waals surface area contributed by atoms with Crippen molar-refractivity contribution in [3.8, 4) is 17.7 Å². The summed E-state index contributed by atoms with van der Waals surface area (Å²) in [6, 6.07) is 14.2. The molecule has 152 valence electrons. The van der Waals surface area contributed by atoms with Gasteiger partial charge in [0.1, 0.15) is 18.3 Å². The van der Waals surface area contributed by atoms with E-state index < -0.39 is 5.92 Å². The number of aromatic amines is 1. The number of benzene rings is 2. The normalized spacial score (nSPS) is 17.8. The Morgan fingerprint density at radius 1 is 1.20 bits per heavy atom. The van der Waals surface area contributed by atoms with Crippen LogP contribution in [0.5, 0.6) is 11.6 Å². The predicted octanol–water partition coefficient (Wildman–Crippen LogP) is 5.32. The topological polar surface area (TPSA) is 94.8 Å². The molecule has 1 aliphatic heterocycles. The molecule has 2 unspecified atom stereocenters. The Morgan fingerprint density at radius 3 is 2.63 bits per heavy atom. The van der Waals surface area contributed by atoms with Crippen LogP contribution in [0.2, 0.25) is 0 Å².